The third-order valence-electron chi connectivity index (χ3n) is 4.78. The van der Waals surface area contributed by atoms with Crippen LogP contribution in [0.25, 0.3) is 0 Å². The van der Waals surface area contributed by atoms with Crippen molar-refractivity contribution in [3.05, 3.63) is 70.8 Å². The molecule has 0 unspecified atom stereocenters. The Kier molecular flexibility index (Phi) is 5.41. The second kappa shape index (κ2) is 7.48. The van der Waals surface area contributed by atoms with Gasteiger partial charge in [-0.1, -0.05) is 36.4 Å². The summed E-state index contributed by atoms with van der Waals surface area (Å²) in [5.41, 5.74) is 1.25. The fourth-order valence-electron chi connectivity index (χ4n) is 3.44. The minimum atomic E-state index is -4.49. The summed E-state index contributed by atoms with van der Waals surface area (Å²) in [7, 11) is 0. The zero-order chi connectivity index (χ0) is 20.5. The number of hydrogen-bond donors (Lipinski definition) is 0. The van der Waals surface area contributed by atoms with E-state index in [0.717, 1.165) is 17.7 Å². The highest BCUT2D eigenvalue weighted by molar-refractivity contribution is 5.78. The normalized spacial score (nSPS) is 17.4. The summed E-state index contributed by atoms with van der Waals surface area (Å²) in [6.07, 6.45) is -10.4. The Labute approximate surface area is 157 Å². The monoisotopic (exact) mass is 401 g/mol. The van der Waals surface area contributed by atoms with Gasteiger partial charge >= 0.3 is 12.4 Å². The highest BCUT2D eigenvalue weighted by Crippen LogP contribution is 2.37. The highest BCUT2D eigenvalue weighted by atomic mass is 19.4. The van der Waals surface area contributed by atoms with Crippen LogP contribution in [0.2, 0.25) is 0 Å². The van der Waals surface area contributed by atoms with Crippen LogP contribution in [-0.4, -0.2) is 23.5 Å². The third kappa shape index (κ3) is 4.48. The van der Waals surface area contributed by atoms with Gasteiger partial charge in [0.25, 0.3) is 0 Å². The predicted molar refractivity (Wildman–Crippen MR) is 90.4 cm³/mol. The van der Waals surface area contributed by atoms with Crippen LogP contribution in [0.1, 0.15) is 41.1 Å². The van der Waals surface area contributed by atoms with Crippen LogP contribution in [0.15, 0.2) is 48.5 Å². The molecule has 1 aliphatic rings. The summed E-state index contributed by atoms with van der Waals surface area (Å²) in [6.45, 7) is 0.208. The van der Waals surface area contributed by atoms with Crippen molar-refractivity contribution in [1.82, 2.24) is 4.90 Å². The quantitative estimate of drug-likeness (QED) is 0.620. The average Bonchev–Trinajstić information content (AvgIpc) is 2.64. The molecule has 1 heterocycles. The number of fused-ring (bicyclic) bond motifs is 1. The minimum Gasteiger partial charge on any atom is -0.331 e. The molecule has 0 aliphatic carbocycles. The van der Waals surface area contributed by atoms with Crippen LogP contribution in [0.3, 0.4) is 0 Å². The topological polar surface area (TPSA) is 20.3 Å². The molecule has 150 valence electrons. The summed E-state index contributed by atoms with van der Waals surface area (Å²) in [4.78, 5) is 13.8. The molecule has 0 saturated carbocycles. The highest BCUT2D eigenvalue weighted by Gasteiger charge is 2.35. The maximum absolute atomic E-state index is 12.8. The Balaban J connectivity index is 1.95. The van der Waals surface area contributed by atoms with Crippen LogP contribution in [0.5, 0.6) is 0 Å². The van der Waals surface area contributed by atoms with Crippen molar-refractivity contribution < 1.29 is 31.1 Å². The van der Waals surface area contributed by atoms with Crippen LogP contribution in [0, 0.1) is 0 Å². The van der Waals surface area contributed by atoms with E-state index in [-0.39, 0.29) is 6.54 Å². The van der Waals surface area contributed by atoms with E-state index in [1.165, 1.54) is 17.0 Å². The summed E-state index contributed by atoms with van der Waals surface area (Å²) >= 11 is 0. The van der Waals surface area contributed by atoms with Crippen molar-refractivity contribution in [2.24, 2.45) is 0 Å². The van der Waals surface area contributed by atoms with Gasteiger partial charge in [0, 0.05) is 13.0 Å². The second-order valence-electron chi connectivity index (χ2n) is 6.67. The molecule has 3 rings (SSSR count). The molecule has 8 heteroatoms. The first-order valence-corrected chi connectivity index (χ1v) is 8.67. The zero-order valence-corrected chi connectivity index (χ0v) is 14.6. The van der Waals surface area contributed by atoms with Gasteiger partial charge in [-0.2, -0.15) is 26.3 Å². The number of hydrogen-bond acceptors (Lipinski definition) is 1. The summed E-state index contributed by atoms with van der Waals surface area (Å²) in [5, 5.41) is 0. The molecule has 1 amide bonds. The molecule has 0 bridgehead atoms. The lowest BCUT2D eigenvalue weighted by Crippen LogP contribution is -2.41. The van der Waals surface area contributed by atoms with E-state index in [0.29, 0.717) is 17.5 Å². The van der Waals surface area contributed by atoms with E-state index in [2.05, 4.69) is 0 Å². The zero-order valence-electron chi connectivity index (χ0n) is 14.6. The Morgan fingerprint density at radius 1 is 0.964 bits per heavy atom. The SMILES string of the molecule is O=C(CCC(F)(F)F)N1CCc2ccccc2[C@H]1c1ccc(C(F)(F)F)cc1. The molecule has 1 aliphatic heterocycles. The lowest BCUT2D eigenvalue weighted by atomic mass is 9.87. The number of nitrogens with zero attached hydrogens (tertiary/aromatic N) is 1. The first kappa shape index (κ1) is 20.2. The lowest BCUT2D eigenvalue weighted by molar-refractivity contribution is -0.150. The summed E-state index contributed by atoms with van der Waals surface area (Å²) in [5.74, 6) is -0.670. The number of alkyl halides is 6. The van der Waals surface area contributed by atoms with Crippen LogP contribution >= 0.6 is 0 Å². The first-order chi connectivity index (χ1) is 13.1. The van der Waals surface area contributed by atoms with E-state index < -0.39 is 42.7 Å². The molecule has 0 fully saturated rings. The number of amides is 1. The molecule has 28 heavy (non-hydrogen) atoms. The number of halogens is 6. The molecular weight excluding hydrogens is 384 g/mol. The van der Waals surface area contributed by atoms with E-state index >= 15 is 0 Å². The van der Waals surface area contributed by atoms with Crippen molar-refractivity contribution in [1.29, 1.82) is 0 Å². The fraction of sp³-hybridized carbons (Fsp3) is 0.350. The van der Waals surface area contributed by atoms with Gasteiger partial charge in [-0.05, 0) is 35.2 Å². The van der Waals surface area contributed by atoms with E-state index in [1.54, 1.807) is 12.1 Å². The molecule has 0 saturated heterocycles. The Morgan fingerprint density at radius 2 is 1.61 bits per heavy atom. The van der Waals surface area contributed by atoms with E-state index in [9.17, 15) is 31.1 Å². The van der Waals surface area contributed by atoms with Crippen molar-refractivity contribution in [3.8, 4) is 0 Å². The maximum Gasteiger partial charge on any atom is 0.416 e. The maximum atomic E-state index is 12.8. The largest absolute Gasteiger partial charge is 0.416 e. The van der Waals surface area contributed by atoms with Crippen molar-refractivity contribution in [2.45, 2.75) is 37.7 Å². The van der Waals surface area contributed by atoms with Gasteiger partial charge in [-0.15, -0.1) is 0 Å². The van der Waals surface area contributed by atoms with Crippen molar-refractivity contribution in [2.75, 3.05) is 6.54 Å². The van der Waals surface area contributed by atoms with Gasteiger partial charge in [0.2, 0.25) is 5.91 Å². The smallest absolute Gasteiger partial charge is 0.331 e. The molecule has 2 nitrogen and oxygen atoms in total. The van der Waals surface area contributed by atoms with Gasteiger partial charge in [-0.3, -0.25) is 4.79 Å². The fourth-order valence-corrected chi connectivity index (χ4v) is 3.44. The summed E-state index contributed by atoms with van der Waals surface area (Å²) in [6, 6.07) is 10.8. The Bertz CT molecular complexity index is 841. The number of carbonyl (C=O) groups is 1. The summed E-state index contributed by atoms with van der Waals surface area (Å²) < 4.78 is 76.1. The second-order valence-corrected chi connectivity index (χ2v) is 6.67. The molecule has 1 atom stereocenters. The average molecular weight is 401 g/mol. The molecule has 2 aromatic rings. The van der Waals surface area contributed by atoms with Crippen molar-refractivity contribution >= 4 is 5.91 Å². The van der Waals surface area contributed by atoms with E-state index in [1.807, 2.05) is 12.1 Å². The van der Waals surface area contributed by atoms with E-state index in [4.69, 9.17) is 0 Å². The van der Waals surface area contributed by atoms with Crippen LogP contribution in [0.4, 0.5) is 26.3 Å². The first-order valence-electron chi connectivity index (χ1n) is 8.67. The molecule has 0 N–H and O–H groups in total. The van der Waals surface area contributed by atoms with Gasteiger partial charge < -0.3 is 4.90 Å². The molecule has 2 aromatic carbocycles. The van der Waals surface area contributed by atoms with Crippen molar-refractivity contribution in [3.63, 3.8) is 0 Å². The predicted octanol–water partition coefficient (Wildman–Crippen LogP) is 5.52. The van der Waals surface area contributed by atoms with Crippen LogP contribution in [-0.2, 0) is 17.4 Å². The van der Waals surface area contributed by atoms with Crippen LogP contribution < -0.4 is 0 Å². The third-order valence-corrected chi connectivity index (χ3v) is 4.78. The number of carbonyl (C=O) groups excluding carboxylic acids is 1. The Hall–Kier alpha value is -2.51. The molecular formula is C20H17F6NO. The standard InChI is InChI=1S/C20H17F6NO/c21-19(22,23)11-9-17(28)27-12-10-13-3-1-2-4-16(13)18(27)14-5-7-15(8-6-14)20(24,25)26/h1-8,18H,9-12H2/t18-/m1/s1. The molecule has 0 aromatic heterocycles. The molecule has 0 spiro atoms. The Morgan fingerprint density at radius 3 is 2.21 bits per heavy atom. The van der Waals surface area contributed by atoms with Gasteiger partial charge in [-0.25, -0.2) is 0 Å². The minimum absolute atomic E-state index is 0.208. The van der Waals surface area contributed by atoms with Gasteiger partial charge in [0.05, 0.1) is 18.0 Å². The number of rotatable bonds is 3. The lowest BCUT2D eigenvalue weighted by Gasteiger charge is -2.38. The number of benzene rings is 2. The van der Waals surface area contributed by atoms with Gasteiger partial charge in [0.15, 0.2) is 0 Å². The van der Waals surface area contributed by atoms with Gasteiger partial charge in [0.1, 0.15) is 0 Å². The molecule has 0 radical (unpaired) electrons.